The Morgan fingerprint density at radius 3 is 2.76 bits per heavy atom. The van der Waals surface area contributed by atoms with Crippen LogP contribution < -0.4 is 21.8 Å². The van der Waals surface area contributed by atoms with Gasteiger partial charge in [0.25, 0.3) is 5.56 Å². The lowest BCUT2D eigenvalue weighted by molar-refractivity contribution is -0.0558. The largest absolute Gasteiger partial charge is 0.469 e. The van der Waals surface area contributed by atoms with Gasteiger partial charge in [0.05, 0.1) is 17.2 Å². The second-order valence-corrected chi connectivity index (χ2v) is 7.56. The number of aliphatic hydroxyl groups is 2. The second-order valence-electron chi connectivity index (χ2n) is 5.42. The van der Waals surface area contributed by atoms with Gasteiger partial charge in [-0.3, -0.25) is 18.9 Å². The van der Waals surface area contributed by atoms with Gasteiger partial charge in [0.15, 0.2) is 6.23 Å². The highest BCUT2D eigenvalue weighted by atomic mass is 32.2. The number of aromatic nitrogens is 2. The summed E-state index contributed by atoms with van der Waals surface area (Å²) in [6.45, 7) is -0.689. The third-order valence-corrected chi connectivity index (χ3v) is 5.04. The Morgan fingerprint density at radius 2 is 2.08 bits per heavy atom. The van der Waals surface area contributed by atoms with Crippen molar-refractivity contribution in [3.8, 4) is 0 Å². The van der Waals surface area contributed by atoms with Gasteiger partial charge in [-0.05, 0) is 11.5 Å². The first-order chi connectivity index (χ1) is 11.7. The Balaban J connectivity index is 2.00. The highest BCUT2D eigenvalue weighted by Gasteiger charge is 2.45. The van der Waals surface area contributed by atoms with Gasteiger partial charge in [0.2, 0.25) is 0 Å². The predicted molar refractivity (Wildman–Crippen MR) is 85.9 cm³/mol. The lowest BCUT2D eigenvalue weighted by Gasteiger charge is -2.19. The second kappa shape index (κ2) is 6.82. The maximum absolute atomic E-state index is 12.2. The first-order valence-corrected chi connectivity index (χ1v) is 9.65. The van der Waals surface area contributed by atoms with Crippen LogP contribution in [0.1, 0.15) is 6.23 Å². The topological polar surface area (TPSA) is 171 Å². The minimum atomic E-state index is -4.79. The van der Waals surface area contributed by atoms with E-state index in [4.69, 9.17) is 14.5 Å². The standard InChI is InChI=1S/C12H15N2O9PS/c15-8-7(3-22-24(19,20)21)23-11(9(8)16)14-6-1-2-25-4-5(6)10(17)13-12(14)18/h1,4,7-9,11,15-16H,2-3H2,(H,13,17,18)(H2,19,20,21)/t7-,8-,9-,11-/m1/s1. The number of phosphoric acid groups is 1. The number of hydrogen-bond donors (Lipinski definition) is 5. The number of nitrogens with one attached hydrogen (secondary N) is 1. The van der Waals surface area contributed by atoms with Crippen LogP contribution in [-0.4, -0.2) is 60.2 Å². The summed E-state index contributed by atoms with van der Waals surface area (Å²) in [6, 6.07) is 0. The van der Waals surface area contributed by atoms with Crippen molar-refractivity contribution in [1.29, 1.82) is 0 Å². The minimum absolute atomic E-state index is 0.219. The van der Waals surface area contributed by atoms with E-state index in [2.05, 4.69) is 9.51 Å². The molecule has 0 aliphatic carbocycles. The summed E-state index contributed by atoms with van der Waals surface area (Å²) in [7, 11) is -4.79. The van der Waals surface area contributed by atoms with Crippen LogP contribution in [0.4, 0.5) is 0 Å². The molecular weight excluding hydrogens is 379 g/mol. The van der Waals surface area contributed by atoms with Crippen LogP contribution in [0.3, 0.4) is 0 Å². The normalized spacial score (nSPS) is 29.0. The Hall–Kier alpha value is -1.24. The first-order valence-electron chi connectivity index (χ1n) is 7.07. The van der Waals surface area contributed by atoms with Crippen molar-refractivity contribution in [3.05, 3.63) is 31.4 Å². The molecule has 0 aromatic carbocycles. The van der Waals surface area contributed by atoms with E-state index in [1.165, 1.54) is 11.8 Å². The summed E-state index contributed by atoms with van der Waals surface area (Å²) in [5, 5.41) is 22.2. The number of rotatable bonds is 4. The molecule has 0 unspecified atom stereocenters. The number of ether oxygens (including phenoxy) is 1. The van der Waals surface area contributed by atoms with Crippen LogP contribution in [0.5, 0.6) is 0 Å². The number of hydrogen-bond acceptors (Lipinski definition) is 8. The van der Waals surface area contributed by atoms with E-state index in [-0.39, 0.29) is 10.6 Å². The van der Waals surface area contributed by atoms with Crippen molar-refractivity contribution in [2.75, 3.05) is 12.4 Å². The summed E-state index contributed by atoms with van der Waals surface area (Å²) >= 11 is 1.35. The Bertz CT molecular complexity index is 951. The number of fused-ring (bicyclic) bond motifs is 1. The molecule has 2 aliphatic rings. The highest BCUT2D eigenvalue weighted by molar-refractivity contribution is 8.06. The first kappa shape index (κ1) is 18.5. The van der Waals surface area contributed by atoms with E-state index in [9.17, 15) is 24.4 Å². The molecule has 11 nitrogen and oxygen atoms in total. The fraction of sp³-hybridized carbons (Fsp3) is 0.500. The summed E-state index contributed by atoms with van der Waals surface area (Å²) in [6.07, 6.45) is -4.14. The average molecular weight is 394 g/mol. The van der Waals surface area contributed by atoms with Gasteiger partial charge < -0.3 is 24.7 Å². The van der Waals surface area contributed by atoms with Crippen molar-refractivity contribution in [2.45, 2.75) is 24.5 Å². The lowest BCUT2D eigenvalue weighted by Crippen LogP contribution is -2.56. The molecule has 0 saturated carbocycles. The lowest BCUT2D eigenvalue weighted by atomic mass is 10.1. The number of H-pyrrole nitrogens is 1. The Kier molecular flexibility index (Phi) is 5.06. The van der Waals surface area contributed by atoms with Crippen LogP contribution in [0.2, 0.25) is 0 Å². The Morgan fingerprint density at radius 1 is 1.36 bits per heavy atom. The monoisotopic (exact) mass is 394 g/mol. The molecule has 3 heterocycles. The fourth-order valence-electron chi connectivity index (χ4n) is 2.66. The zero-order chi connectivity index (χ0) is 18.4. The van der Waals surface area contributed by atoms with Crippen LogP contribution in [0.25, 0.3) is 11.5 Å². The summed E-state index contributed by atoms with van der Waals surface area (Å²) < 4.78 is 21.4. The molecule has 0 amide bonds. The van der Waals surface area contributed by atoms with Crippen molar-refractivity contribution in [3.63, 3.8) is 0 Å². The smallest absolute Gasteiger partial charge is 0.387 e. The molecule has 2 aliphatic heterocycles. The van der Waals surface area contributed by atoms with Crippen LogP contribution in [0.15, 0.2) is 9.59 Å². The maximum atomic E-state index is 12.2. The summed E-state index contributed by atoms with van der Waals surface area (Å²) in [5.41, 5.74) is -1.43. The van der Waals surface area contributed by atoms with Crippen molar-refractivity contribution in [2.24, 2.45) is 0 Å². The molecule has 25 heavy (non-hydrogen) atoms. The quantitative estimate of drug-likeness (QED) is 0.323. The predicted octanol–water partition coefficient (Wildman–Crippen LogP) is -3.47. The van der Waals surface area contributed by atoms with Crippen molar-refractivity contribution < 1.29 is 33.8 Å². The van der Waals surface area contributed by atoms with E-state index in [1.807, 2.05) is 0 Å². The Labute approximate surface area is 143 Å². The van der Waals surface area contributed by atoms with Crippen molar-refractivity contribution in [1.82, 2.24) is 9.55 Å². The molecule has 5 N–H and O–H groups in total. The molecule has 0 radical (unpaired) electrons. The molecule has 13 heteroatoms. The van der Waals surface area contributed by atoms with Crippen LogP contribution >= 0.6 is 19.6 Å². The number of aromatic amines is 1. The molecular formula is C12H15N2O9PS. The minimum Gasteiger partial charge on any atom is -0.387 e. The summed E-state index contributed by atoms with van der Waals surface area (Å²) in [4.78, 5) is 43.7. The van der Waals surface area contributed by atoms with Gasteiger partial charge in [-0.1, -0.05) is 0 Å². The third-order valence-electron chi connectivity index (χ3n) is 3.79. The van der Waals surface area contributed by atoms with Gasteiger partial charge >= 0.3 is 13.5 Å². The van der Waals surface area contributed by atoms with Gasteiger partial charge in [-0.2, -0.15) is 0 Å². The average Bonchev–Trinajstić information content (AvgIpc) is 2.81. The third kappa shape index (κ3) is 3.66. The van der Waals surface area contributed by atoms with Gasteiger partial charge in [-0.15, -0.1) is 11.8 Å². The van der Waals surface area contributed by atoms with E-state index < -0.39 is 50.2 Å². The molecule has 1 saturated heterocycles. The zero-order valence-corrected chi connectivity index (χ0v) is 14.2. The fourth-order valence-corrected chi connectivity index (χ4v) is 3.75. The van der Waals surface area contributed by atoms with Gasteiger partial charge in [-0.25, -0.2) is 9.36 Å². The van der Waals surface area contributed by atoms with Crippen molar-refractivity contribution >= 4 is 31.1 Å². The van der Waals surface area contributed by atoms with E-state index in [0.717, 1.165) is 4.57 Å². The molecule has 4 atom stereocenters. The molecule has 138 valence electrons. The molecule has 1 fully saturated rings. The van der Waals surface area contributed by atoms with E-state index >= 15 is 0 Å². The number of thioether (sulfide) groups is 1. The number of phosphoric ester groups is 1. The number of nitrogens with zero attached hydrogens (tertiary/aromatic N) is 1. The van der Waals surface area contributed by atoms with E-state index in [1.54, 1.807) is 11.5 Å². The zero-order valence-electron chi connectivity index (χ0n) is 12.5. The number of aliphatic hydroxyl groups excluding tert-OH is 2. The molecule has 0 spiro atoms. The highest BCUT2D eigenvalue weighted by Crippen LogP contribution is 2.38. The molecule has 3 rings (SSSR count). The van der Waals surface area contributed by atoms with Gasteiger partial charge in [0.1, 0.15) is 18.3 Å². The molecule has 0 bridgehead atoms. The molecule has 1 aromatic rings. The maximum Gasteiger partial charge on any atom is 0.469 e. The SMILES string of the molecule is O=c1[nH]c(=O)n([C@@H]2O[C@H](COP(=O)(O)O)[C@@H](O)[C@H]2O)c2c1=CSCC=2. The van der Waals surface area contributed by atoms with Crippen LogP contribution in [0, 0.1) is 0 Å². The summed E-state index contributed by atoms with van der Waals surface area (Å²) in [5.74, 6) is 0.492. The van der Waals surface area contributed by atoms with E-state index in [0.29, 0.717) is 5.75 Å². The van der Waals surface area contributed by atoms with Crippen LogP contribution in [-0.2, 0) is 13.8 Å². The van der Waals surface area contributed by atoms with Gasteiger partial charge in [0, 0.05) is 5.75 Å². The molecule has 1 aromatic heterocycles.